The lowest BCUT2D eigenvalue weighted by Gasteiger charge is -2.20. The smallest absolute Gasteiger partial charge is 0.0340 e. The zero-order valence-electron chi connectivity index (χ0n) is 11.1. The molecule has 1 aromatic carbocycles. The van der Waals surface area contributed by atoms with E-state index in [1.54, 1.807) is 0 Å². The number of nitrogens with one attached hydrogen (secondary N) is 1. The molecule has 0 aliphatic carbocycles. The summed E-state index contributed by atoms with van der Waals surface area (Å²) >= 11 is 0. The van der Waals surface area contributed by atoms with E-state index in [1.165, 1.54) is 30.4 Å². The van der Waals surface area contributed by atoms with Crippen molar-refractivity contribution in [2.75, 3.05) is 7.05 Å². The minimum Gasteiger partial charge on any atom is -0.313 e. The summed E-state index contributed by atoms with van der Waals surface area (Å²) in [5, 5.41) is 3.38. The number of hydrogen-bond acceptors (Lipinski definition) is 1. The second-order valence-corrected chi connectivity index (χ2v) is 4.86. The van der Waals surface area contributed by atoms with Crippen LogP contribution in [0, 0.1) is 5.92 Å². The molecule has 0 amide bonds. The van der Waals surface area contributed by atoms with Crippen LogP contribution in [0.2, 0.25) is 0 Å². The number of aryl methyl sites for hydroxylation is 1. The quantitative estimate of drug-likeness (QED) is 0.764. The molecule has 0 saturated carbocycles. The van der Waals surface area contributed by atoms with Gasteiger partial charge in [-0.3, -0.25) is 0 Å². The van der Waals surface area contributed by atoms with Crippen LogP contribution >= 0.6 is 0 Å². The SMILES string of the molecule is CCCCc1ccc(C(NC)C(C)C)cc1. The van der Waals surface area contributed by atoms with Crippen LogP contribution in [-0.4, -0.2) is 7.05 Å². The molecule has 1 unspecified atom stereocenters. The predicted octanol–water partition coefficient (Wildman–Crippen LogP) is 3.95. The molecule has 16 heavy (non-hydrogen) atoms. The highest BCUT2D eigenvalue weighted by molar-refractivity contribution is 5.25. The van der Waals surface area contributed by atoms with Gasteiger partial charge in [-0.05, 0) is 36.9 Å². The maximum absolute atomic E-state index is 3.38. The highest BCUT2D eigenvalue weighted by Gasteiger charge is 2.12. The molecule has 90 valence electrons. The van der Waals surface area contributed by atoms with Gasteiger partial charge in [0.15, 0.2) is 0 Å². The first-order chi connectivity index (χ1) is 7.69. The Labute approximate surface area is 100 Å². The Hall–Kier alpha value is -0.820. The van der Waals surface area contributed by atoms with Crippen LogP contribution in [0.25, 0.3) is 0 Å². The molecule has 1 aromatic rings. The Bertz CT molecular complexity index is 287. The molecule has 1 N–H and O–H groups in total. The van der Waals surface area contributed by atoms with Crippen molar-refractivity contribution in [2.24, 2.45) is 5.92 Å². The molecule has 0 aliphatic rings. The Morgan fingerprint density at radius 3 is 2.19 bits per heavy atom. The average molecular weight is 219 g/mol. The van der Waals surface area contributed by atoms with Crippen LogP contribution in [0.3, 0.4) is 0 Å². The molecule has 0 aromatic heterocycles. The highest BCUT2D eigenvalue weighted by Crippen LogP contribution is 2.21. The fourth-order valence-corrected chi connectivity index (χ4v) is 2.16. The molecule has 1 heteroatoms. The van der Waals surface area contributed by atoms with E-state index < -0.39 is 0 Å². The number of unbranched alkanes of at least 4 members (excludes halogenated alkanes) is 1. The monoisotopic (exact) mass is 219 g/mol. The molecule has 0 aliphatic heterocycles. The van der Waals surface area contributed by atoms with Gasteiger partial charge in [-0.25, -0.2) is 0 Å². The van der Waals surface area contributed by atoms with Gasteiger partial charge in [0.05, 0.1) is 0 Å². The van der Waals surface area contributed by atoms with Crippen molar-refractivity contribution >= 4 is 0 Å². The maximum Gasteiger partial charge on any atom is 0.0340 e. The first-order valence-electron chi connectivity index (χ1n) is 6.45. The summed E-state index contributed by atoms with van der Waals surface area (Å²) in [5.41, 5.74) is 2.86. The molecule has 1 atom stereocenters. The lowest BCUT2D eigenvalue weighted by atomic mass is 9.95. The average Bonchev–Trinajstić information content (AvgIpc) is 2.28. The molecule has 1 rings (SSSR count). The number of rotatable bonds is 6. The number of hydrogen-bond donors (Lipinski definition) is 1. The van der Waals surface area contributed by atoms with Crippen molar-refractivity contribution in [3.8, 4) is 0 Å². The Balaban J connectivity index is 2.69. The number of benzene rings is 1. The van der Waals surface area contributed by atoms with Crippen molar-refractivity contribution in [1.82, 2.24) is 5.32 Å². The topological polar surface area (TPSA) is 12.0 Å². The second-order valence-electron chi connectivity index (χ2n) is 4.86. The van der Waals surface area contributed by atoms with E-state index in [1.807, 2.05) is 7.05 Å². The largest absolute Gasteiger partial charge is 0.313 e. The van der Waals surface area contributed by atoms with Crippen LogP contribution in [0.4, 0.5) is 0 Å². The molecule has 0 fully saturated rings. The third-order valence-electron chi connectivity index (χ3n) is 3.14. The van der Waals surface area contributed by atoms with Gasteiger partial charge in [-0.1, -0.05) is 51.5 Å². The van der Waals surface area contributed by atoms with Gasteiger partial charge in [-0.2, -0.15) is 0 Å². The Morgan fingerprint density at radius 2 is 1.75 bits per heavy atom. The van der Waals surface area contributed by atoms with E-state index in [-0.39, 0.29) is 0 Å². The van der Waals surface area contributed by atoms with E-state index in [2.05, 4.69) is 50.4 Å². The van der Waals surface area contributed by atoms with E-state index in [9.17, 15) is 0 Å². The van der Waals surface area contributed by atoms with Crippen LogP contribution in [0.15, 0.2) is 24.3 Å². The van der Waals surface area contributed by atoms with Gasteiger partial charge in [0.25, 0.3) is 0 Å². The first-order valence-corrected chi connectivity index (χ1v) is 6.45. The van der Waals surface area contributed by atoms with E-state index in [0.29, 0.717) is 12.0 Å². The third kappa shape index (κ3) is 3.64. The molecular weight excluding hydrogens is 194 g/mol. The summed E-state index contributed by atoms with van der Waals surface area (Å²) in [6.07, 6.45) is 3.77. The fourth-order valence-electron chi connectivity index (χ4n) is 2.16. The summed E-state index contributed by atoms with van der Waals surface area (Å²) in [6, 6.07) is 9.56. The fraction of sp³-hybridized carbons (Fsp3) is 0.600. The van der Waals surface area contributed by atoms with Gasteiger partial charge in [0.1, 0.15) is 0 Å². The van der Waals surface area contributed by atoms with Gasteiger partial charge >= 0.3 is 0 Å². The van der Waals surface area contributed by atoms with Crippen molar-refractivity contribution in [3.63, 3.8) is 0 Å². The Kier molecular flexibility index (Phi) is 5.54. The summed E-state index contributed by atoms with van der Waals surface area (Å²) < 4.78 is 0. The molecule has 0 heterocycles. The van der Waals surface area contributed by atoms with E-state index in [4.69, 9.17) is 0 Å². The molecule has 0 spiro atoms. The lowest BCUT2D eigenvalue weighted by molar-refractivity contribution is 0.443. The van der Waals surface area contributed by atoms with Crippen LogP contribution in [0.1, 0.15) is 50.8 Å². The van der Waals surface area contributed by atoms with Crippen LogP contribution < -0.4 is 5.32 Å². The molecule has 1 nitrogen and oxygen atoms in total. The molecular formula is C15H25N. The van der Waals surface area contributed by atoms with E-state index in [0.717, 1.165) is 0 Å². The minimum atomic E-state index is 0.472. The van der Waals surface area contributed by atoms with Gasteiger partial charge in [-0.15, -0.1) is 0 Å². The normalized spacial score (nSPS) is 13.1. The highest BCUT2D eigenvalue weighted by atomic mass is 14.9. The lowest BCUT2D eigenvalue weighted by Crippen LogP contribution is -2.21. The predicted molar refractivity (Wildman–Crippen MR) is 71.7 cm³/mol. The Morgan fingerprint density at radius 1 is 1.12 bits per heavy atom. The third-order valence-corrected chi connectivity index (χ3v) is 3.14. The van der Waals surface area contributed by atoms with Crippen LogP contribution in [0.5, 0.6) is 0 Å². The second kappa shape index (κ2) is 6.70. The molecule has 0 bridgehead atoms. The summed E-state index contributed by atoms with van der Waals surface area (Å²) in [6.45, 7) is 6.75. The first kappa shape index (κ1) is 13.2. The van der Waals surface area contributed by atoms with Crippen molar-refractivity contribution in [1.29, 1.82) is 0 Å². The zero-order chi connectivity index (χ0) is 12.0. The van der Waals surface area contributed by atoms with Gasteiger partial charge in [0, 0.05) is 6.04 Å². The van der Waals surface area contributed by atoms with Crippen molar-refractivity contribution in [3.05, 3.63) is 35.4 Å². The summed E-state index contributed by atoms with van der Waals surface area (Å²) in [5.74, 6) is 0.631. The van der Waals surface area contributed by atoms with E-state index >= 15 is 0 Å². The summed E-state index contributed by atoms with van der Waals surface area (Å²) in [7, 11) is 2.04. The van der Waals surface area contributed by atoms with Crippen molar-refractivity contribution in [2.45, 2.75) is 46.1 Å². The summed E-state index contributed by atoms with van der Waals surface area (Å²) in [4.78, 5) is 0. The maximum atomic E-state index is 3.38. The van der Waals surface area contributed by atoms with Gasteiger partial charge < -0.3 is 5.32 Å². The molecule has 0 radical (unpaired) electrons. The molecule has 0 saturated heterocycles. The minimum absolute atomic E-state index is 0.472. The van der Waals surface area contributed by atoms with Crippen molar-refractivity contribution < 1.29 is 0 Å². The van der Waals surface area contributed by atoms with Crippen LogP contribution in [-0.2, 0) is 6.42 Å². The standard InChI is InChI=1S/C15H25N/c1-5-6-7-13-8-10-14(11-9-13)15(16-4)12(2)3/h8-12,15-16H,5-7H2,1-4H3. The van der Waals surface area contributed by atoms with Gasteiger partial charge in [0.2, 0.25) is 0 Å². The zero-order valence-corrected chi connectivity index (χ0v) is 11.1.